The summed E-state index contributed by atoms with van der Waals surface area (Å²) in [5, 5.41) is 0. The first-order valence-electron chi connectivity index (χ1n) is 6.25. The molecule has 1 aliphatic heterocycles. The topological polar surface area (TPSA) is 63.4 Å². The van der Waals surface area contributed by atoms with Gasteiger partial charge in [-0.3, -0.25) is 0 Å². The van der Waals surface area contributed by atoms with Crippen LogP contribution < -0.4 is 5.73 Å². The summed E-state index contributed by atoms with van der Waals surface area (Å²) in [6.45, 7) is 0.282. The van der Waals surface area contributed by atoms with Crippen molar-refractivity contribution in [2.75, 3.05) is 13.1 Å². The maximum absolute atomic E-state index is 13.2. The van der Waals surface area contributed by atoms with Crippen LogP contribution in [-0.4, -0.2) is 31.9 Å². The molecule has 2 N–H and O–H groups in total. The molecule has 0 amide bonds. The molecule has 4 nitrogen and oxygen atoms in total. The summed E-state index contributed by atoms with van der Waals surface area (Å²) in [6.07, 6.45) is -4.07. The summed E-state index contributed by atoms with van der Waals surface area (Å²) < 4.78 is 76.8. The second-order valence-electron chi connectivity index (χ2n) is 4.88. The van der Waals surface area contributed by atoms with Crippen molar-refractivity contribution < 1.29 is 26.0 Å². The summed E-state index contributed by atoms with van der Waals surface area (Å²) in [7, 11) is -4.07. The number of nitrogens with two attached hydrogens (primary N) is 1. The number of hydrogen-bond acceptors (Lipinski definition) is 3. The summed E-state index contributed by atoms with van der Waals surface area (Å²) in [4.78, 5) is -0.563. The Morgan fingerprint density at radius 1 is 1.19 bits per heavy atom. The molecule has 2 rings (SSSR count). The van der Waals surface area contributed by atoms with Crippen LogP contribution in [0.5, 0.6) is 0 Å². The van der Waals surface area contributed by atoms with Crippen molar-refractivity contribution in [2.45, 2.75) is 30.0 Å². The normalized spacial score (nSPS) is 18.9. The fraction of sp³-hybridized carbons (Fsp3) is 0.500. The Kier molecular flexibility index (Phi) is 4.27. The van der Waals surface area contributed by atoms with Gasteiger partial charge in [-0.1, -0.05) is 0 Å². The highest BCUT2D eigenvalue weighted by atomic mass is 32.2. The predicted molar refractivity (Wildman–Crippen MR) is 67.4 cm³/mol. The third kappa shape index (κ3) is 3.35. The minimum absolute atomic E-state index is 0.115. The van der Waals surface area contributed by atoms with Crippen molar-refractivity contribution in [2.24, 2.45) is 5.73 Å². The number of alkyl halides is 3. The Bertz CT molecular complexity index is 623. The number of benzene rings is 1. The van der Waals surface area contributed by atoms with Gasteiger partial charge in [-0.05, 0) is 31.0 Å². The first-order chi connectivity index (χ1) is 9.62. The van der Waals surface area contributed by atoms with Crippen molar-refractivity contribution in [3.05, 3.63) is 29.6 Å². The molecule has 0 atom stereocenters. The molecular formula is C12H14F4N2O2S. The first-order valence-corrected chi connectivity index (χ1v) is 7.69. The van der Waals surface area contributed by atoms with Crippen LogP contribution in [0.3, 0.4) is 0 Å². The molecule has 0 saturated carbocycles. The largest absolute Gasteiger partial charge is 0.419 e. The van der Waals surface area contributed by atoms with E-state index in [1.54, 1.807) is 0 Å². The minimum atomic E-state index is -4.94. The van der Waals surface area contributed by atoms with Gasteiger partial charge in [0.15, 0.2) is 0 Å². The second kappa shape index (κ2) is 5.54. The van der Waals surface area contributed by atoms with Gasteiger partial charge in [-0.25, -0.2) is 12.8 Å². The van der Waals surface area contributed by atoms with Crippen LogP contribution in [0.4, 0.5) is 17.6 Å². The minimum Gasteiger partial charge on any atom is -0.328 e. The lowest BCUT2D eigenvalue weighted by molar-refractivity contribution is -0.140. The van der Waals surface area contributed by atoms with Gasteiger partial charge >= 0.3 is 6.18 Å². The number of rotatable bonds is 2. The molecule has 1 aromatic rings. The summed E-state index contributed by atoms with van der Waals surface area (Å²) in [5.74, 6) is -1.50. The molecule has 0 bridgehead atoms. The van der Waals surface area contributed by atoms with E-state index in [1.165, 1.54) is 0 Å². The molecule has 0 radical (unpaired) electrons. The lowest BCUT2D eigenvalue weighted by Gasteiger charge is -2.29. The van der Waals surface area contributed by atoms with E-state index < -0.39 is 32.5 Å². The number of piperidine rings is 1. The maximum atomic E-state index is 13.2. The highest BCUT2D eigenvalue weighted by Crippen LogP contribution is 2.33. The Hall–Kier alpha value is -1.19. The van der Waals surface area contributed by atoms with Gasteiger partial charge in [0, 0.05) is 19.1 Å². The molecule has 1 heterocycles. The molecule has 118 valence electrons. The monoisotopic (exact) mass is 326 g/mol. The maximum Gasteiger partial charge on any atom is 0.419 e. The fourth-order valence-corrected chi connectivity index (χ4v) is 3.64. The van der Waals surface area contributed by atoms with Crippen LogP contribution in [0, 0.1) is 5.82 Å². The SMILES string of the molecule is NC1CCN(S(=O)(=O)c2ccc(F)c(C(F)(F)F)c2)CC1. The molecular weight excluding hydrogens is 312 g/mol. The fourth-order valence-electron chi connectivity index (χ4n) is 2.15. The lowest BCUT2D eigenvalue weighted by atomic mass is 10.1. The van der Waals surface area contributed by atoms with E-state index in [4.69, 9.17) is 5.73 Å². The molecule has 1 aliphatic rings. The number of halogens is 4. The molecule has 1 fully saturated rings. The van der Waals surface area contributed by atoms with E-state index in [2.05, 4.69) is 0 Å². The van der Waals surface area contributed by atoms with Gasteiger partial charge in [0.25, 0.3) is 0 Å². The van der Waals surface area contributed by atoms with E-state index in [1.807, 2.05) is 0 Å². The molecule has 0 aromatic heterocycles. The van der Waals surface area contributed by atoms with Gasteiger partial charge in [-0.2, -0.15) is 17.5 Å². The number of hydrogen-bond donors (Lipinski definition) is 1. The standard InChI is InChI=1S/C12H14F4N2O2S/c13-11-2-1-9(7-10(11)12(14,15)16)21(19,20)18-5-3-8(17)4-6-18/h1-2,7-8H,3-6,17H2. The van der Waals surface area contributed by atoms with Gasteiger partial charge in [0.2, 0.25) is 10.0 Å². The van der Waals surface area contributed by atoms with Crippen LogP contribution in [-0.2, 0) is 16.2 Å². The summed E-state index contributed by atoms with van der Waals surface area (Å²) >= 11 is 0. The zero-order valence-corrected chi connectivity index (χ0v) is 11.7. The van der Waals surface area contributed by atoms with Crippen LogP contribution in [0.2, 0.25) is 0 Å². The van der Waals surface area contributed by atoms with Gasteiger partial charge in [0.05, 0.1) is 10.5 Å². The Labute approximate surface area is 119 Å². The highest BCUT2D eigenvalue weighted by molar-refractivity contribution is 7.89. The molecule has 0 spiro atoms. The third-order valence-corrected chi connectivity index (χ3v) is 5.27. The zero-order chi connectivity index (χ0) is 15.8. The summed E-state index contributed by atoms with van der Waals surface area (Å²) in [6, 6.07) is 1.58. The highest BCUT2D eigenvalue weighted by Gasteiger charge is 2.36. The molecule has 9 heteroatoms. The van der Waals surface area contributed by atoms with Gasteiger partial charge in [0.1, 0.15) is 5.82 Å². The molecule has 1 aromatic carbocycles. The van der Waals surface area contributed by atoms with E-state index >= 15 is 0 Å². The summed E-state index contributed by atoms with van der Waals surface area (Å²) in [5.41, 5.74) is 4.07. The van der Waals surface area contributed by atoms with E-state index in [9.17, 15) is 26.0 Å². The Morgan fingerprint density at radius 3 is 2.29 bits per heavy atom. The van der Waals surface area contributed by atoms with E-state index in [0.717, 1.165) is 10.4 Å². The third-order valence-electron chi connectivity index (χ3n) is 3.38. The smallest absolute Gasteiger partial charge is 0.328 e. The molecule has 21 heavy (non-hydrogen) atoms. The number of sulfonamides is 1. The van der Waals surface area contributed by atoms with Crippen LogP contribution in [0.1, 0.15) is 18.4 Å². The van der Waals surface area contributed by atoms with Crippen LogP contribution in [0.15, 0.2) is 23.1 Å². The lowest BCUT2D eigenvalue weighted by Crippen LogP contribution is -2.42. The van der Waals surface area contributed by atoms with Crippen molar-refractivity contribution in [1.82, 2.24) is 4.31 Å². The van der Waals surface area contributed by atoms with E-state index in [0.29, 0.717) is 25.0 Å². The van der Waals surface area contributed by atoms with Crippen LogP contribution >= 0.6 is 0 Å². The Morgan fingerprint density at radius 2 is 1.76 bits per heavy atom. The van der Waals surface area contributed by atoms with Crippen molar-refractivity contribution in [3.8, 4) is 0 Å². The molecule has 0 unspecified atom stereocenters. The van der Waals surface area contributed by atoms with Crippen molar-refractivity contribution in [1.29, 1.82) is 0 Å². The predicted octanol–water partition coefficient (Wildman–Crippen LogP) is 1.96. The molecule has 0 aliphatic carbocycles. The quantitative estimate of drug-likeness (QED) is 0.845. The van der Waals surface area contributed by atoms with Crippen molar-refractivity contribution in [3.63, 3.8) is 0 Å². The zero-order valence-electron chi connectivity index (χ0n) is 10.9. The van der Waals surface area contributed by atoms with Gasteiger partial charge in [-0.15, -0.1) is 0 Å². The average Bonchev–Trinajstić information content (AvgIpc) is 2.38. The van der Waals surface area contributed by atoms with Crippen LogP contribution in [0.25, 0.3) is 0 Å². The Balaban J connectivity index is 2.37. The average molecular weight is 326 g/mol. The molecule has 1 saturated heterocycles. The number of nitrogens with zero attached hydrogens (tertiary/aromatic N) is 1. The van der Waals surface area contributed by atoms with E-state index in [-0.39, 0.29) is 19.1 Å². The van der Waals surface area contributed by atoms with Crippen molar-refractivity contribution >= 4 is 10.0 Å². The second-order valence-corrected chi connectivity index (χ2v) is 6.82. The first kappa shape index (κ1) is 16.2. The van der Waals surface area contributed by atoms with Gasteiger partial charge < -0.3 is 5.73 Å².